The molecule has 0 saturated heterocycles. The van der Waals surface area contributed by atoms with Crippen LogP contribution in [-0.2, 0) is 13.1 Å². The summed E-state index contributed by atoms with van der Waals surface area (Å²) in [5.74, 6) is -1.77. The molecule has 0 heterocycles. The molecule has 0 spiro atoms. The summed E-state index contributed by atoms with van der Waals surface area (Å²) in [5, 5.41) is 13.5. The Kier molecular flexibility index (Phi) is 4.54. The van der Waals surface area contributed by atoms with Gasteiger partial charge in [-0.05, 0) is 30.3 Å². The summed E-state index contributed by atoms with van der Waals surface area (Å²) in [6, 6.07) is 6.12. The van der Waals surface area contributed by atoms with Gasteiger partial charge < -0.3 is 5.32 Å². The highest BCUT2D eigenvalue weighted by atomic mass is 19.1. The molecule has 2 rings (SSSR count). The first-order chi connectivity index (χ1) is 9.97. The SMILES string of the molecule is O=[N+]([O-])c1ccc(F)cc1CNCc1cc(F)ccc1F. The second-order valence-corrected chi connectivity index (χ2v) is 4.37. The molecule has 0 aromatic heterocycles. The van der Waals surface area contributed by atoms with Crippen molar-refractivity contribution < 1.29 is 18.1 Å². The summed E-state index contributed by atoms with van der Waals surface area (Å²) >= 11 is 0. The van der Waals surface area contributed by atoms with Crippen LogP contribution in [-0.4, -0.2) is 4.92 Å². The zero-order chi connectivity index (χ0) is 15.4. The Hall–Kier alpha value is -2.41. The van der Waals surface area contributed by atoms with Gasteiger partial charge in [-0.2, -0.15) is 0 Å². The lowest BCUT2D eigenvalue weighted by Gasteiger charge is -2.07. The van der Waals surface area contributed by atoms with Crippen molar-refractivity contribution in [1.82, 2.24) is 5.32 Å². The van der Waals surface area contributed by atoms with Gasteiger partial charge in [0.15, 0.2) is 0 Å². The van der Waals surface area contributed by atoms with E-state index in [2.05, 4.69) is 5.32 Å². The first-order valence-electron chi connectivity index (χ1n) is 6.05. The zero-order valence-electron chi connectivity index (χ0n) is 10.8. The Labute approximate surface area is 118 Å². The fraction of sp³-hybridized carbons (Fsp3) is 0.143. The van der Waals surface area contributed by atoms with Gasteiger partial charge in [0.1, 0.15) is 17.5 Å². The topological polar surface area (TPSA) is 55.2 Å². The maximum absolute atomic E-state index is 13.4. The van der Waals surface area contributed by atoms with Crippen LogP contribution in [0.15, 0.2) is 36.4 Å². The molecule has 2 aromatic carbocycles. The van der Waals surface area contributed by atoms with Crippen molar-refractivity contribution >= 4 is 5.69 Å². The van der Waals surface area contributed by atoms with Gasteiger partial charge in [0, 0.05) is 30.3 Å². The summed E-state index contributed by atoms with van der Waals surface area (Å²) < 4.78 is 39.5. The van der Waals surface area contributed by atoms with Gasteiger partial charge in [-0.25, -0.2) is 13.2 Å². The summed E-state index contributed by atoms with van der Waals surface area (Å²) in [6.45, 7) is -0.0682. The van der Waals surface area contributed by atoms with Gasteiger partial charge in [0.25, 0.3) is 5.69 Å². The molecule has 4 nitrogen and oxygen atoms in total. The second kappa shape index (κ2) is 6.36. The van der Waals surface area contributed by atoms with E-state index in [4.69, 9.17) is 0 Å². The summed E-state index contributed by atoms with van der Waals surface area (Å²) in [4.78, 5) is 10.2. The van der Waals surface area contributed by atoms with Crippen molar-refractivity contribution in [2.45, 2.75) is 13.1 Å². The summed E-state index contributed by atoms with van der Waals surface area (Å²) in [6.07, 6.45) is 0. The highest BCUT2D eigenvalue weighted by Crippen LogP contribution is 2.19. The van der Waals surface area contributed by atoms with E-state index in [-0.39, 0.29) is 29.9 Å². The minimum Gasteiger partial charge on any atom is -0.308 e. The summed E-state index contributed by atoms with van der Waals surface area (Å²) in [5.41, 5.74) is -0.00511. The molecule has 0 fully saturated rings. The quantitative estimate of drug-likeness (QED) is 0.680. The Morgan fingerprint density at radius 1 is 0.952 bits per heavy atom. The smallest absolute Gasteiger partial charge is 0.274 e. The van der Waals surface area contributed by atoms with E-state index >= 15 is 0 Å². The lowest BCUT2D eigenvalue weighted by Crippen LogP contribution is -2.15. The first kappa shape index (κ1) is 15.0. The van der Waals surface area contributed by atoms with E-state index in [0.29, 0.717) is 0 Å². The molecule has 21 heavy (non-hydrogen) atoms. The van der Waals surface area contributed by atoms with Crippen LogP contribution in [0.4, 0.5) is 18.9 Å². The van der Waals surface area contributed by atoms with Crippen LogP contribution >= 0.6 is 0 Å². The molecule has 0 atom stereocenters. The van der Waals surface area contributed by atoms with E-state index in [1.54, 1.807) is 0 Å². The number of nitrogens with zero attached hydrogens (tertiary/aromatic N) is 1. The lowest BCUT2D eigenvalue weighted by molar-refractivity contribution is -0.385. The van der Waals surface area contributed by atoms with Crippen LogP contribution in [0.3, 0.4) is 0 Å². The number of rotatable bonds is 5. The average Bonchev–Trinajstić information content (AvgIpc) is 2.42. The third-order valence-corrected chi connectivity index (χ3v) is 2.88. The Bertz CT molecular complexity index is 677. The fourth-order valence-corrected chi connectivity index (χ4v) is 1.88. The monoisotopic (exact) mass is 296 g/mol. The van der Waals surface area contributed by atoms with Crippen molar-refractivity contribution in [1.29, 1.82) is 0 Å². The maximum atomic E-state index is 13.4. The van der Waals surface area contributed by atoms with Crippen LogP contribution in [0, 0.1) is 27.6 Å². The predicted octanol–water partition coefficient (Wildman–Crippen LogP) is 3.30. The van der Waals surface area contributed by atoms with E-state index in [1.165, 1.54) is 0 Å². The Morgan fingerprint density at radius 3 is 2.19 bits per heavy atom. The molecule has 1 N–H and O–H groups in total. The normalized spacial score (nSPS) is 10.6. The van der Waals surface area contributed by atoms with Gasteiger partial charge in [-0.3, -0.25) is 10.1 Å². The molecular weight excluding hydrogens is 285 g/mol. The van der Waals surface area contributed by atoms with Crippen molar-refractivity contribution in [3.8, 4) is 0 Å². The third-order valence-electron chi connectivity index (χ3n) is 2.88. The van der Waals surface area contributed by atoms with Gasteiger partial charge >= 0.3 is 0 Å². The molecule has 0 aliphatic carbocycles. The Balaban J connectivity index is 2.08. The number of halogens is 3. The van der Waals surface area contributed by atoms with Crippen molar-refractivity contribution in [2.75, 3.05) is 0 Å². The molecule has 7 heteroatoms. The number of nitro groups is 1. The first-order valence-corrected chi connectivity index (χ1v) is 6.05. The zero-order valence-corrected chi connectivity index (χ0v) is 10.8. The molecular formula is C14H11F3N2O2. The van der Waals surface area contributed by atoms with Gasteiger partial charge in [-0.1, -0.05) is 0 Å². The molecule has 0 unspecified atom stereocenters. The minimum absolute atomic E-state index is 0.0305. The summed E-state index contributed by atoms with van der Waals surface area (Å²) in [7, 11) is 0. The van der Waals surface area contributed by atoms with Crippen LogP contribution in [0.2, 0.25) is 0 Å². The standard InChI is InChI=1S/C14H11F3N2O2/c15-11-1-3-13(17)9(5-11)7-18-8-10-6-12(16)2-4-14(10)19(20)21/h1-6,18H,7-8H2. The highest BCUT2D eigenvalue weighted by Gasteiger charge is 2.14. The number of nitro benzene ring substituents is 1. The van der Waals surface area contributed by atoms with Crippen molar-refractivity contribution in [2.24, 2.45) is 0 Å². The highest BCUT2D eigenvalue weighted by molar-refractivity contribution is 5.40. The fourth-order valence-electron chi connectivity index (χ4n) is 1.88. The molecule has 0 radical (unpaired) electrons. The number of hydrogen-bond donors (Lipinski definition) is 1. The second-order valence-electron chi connectivity index (χ2n) is 4.37. The van der Waals surface area contributed by atoms with Crippen molar-refractivity contribution in [3.05, 3.63) is 75.1 Å². The molecule has 0 bridgehead atoms. The van der Waals surface area contributed by atoms with Gasteiger partial charge in [-0.15, -0.1) is 0 Å². The minimum atomic E-state index is -0.626. The Morgan fingerprint density at radius 2 is 1.52 bits per heavy atom. The molecule has 0 amide bonds. The molecule has 0 aliphatic heterocycles. The third kappa shape index (κ3) is 3.79. The van der Waals surface area contributed by atoms with Gasteiger partial charge in [0.05, 0.1) is 4.92 Å². The maximum Gasteiger partial charge on any atom is 0.274 e. The number of hydrogen-bond acceptors (Lipinski definition) is 3. The van der Waals surface area contributed by atoms with Crippen LogP contribution in [0.25, 0.3) is 0 Å². The lowest BCUT2D eigenvalue weighted by atomic mass is 10.1. The van der Waals surface area contributed by atoms with Gasteiger partial charge in [0.2, 0.25) is 0 Å². The van der Waals surface area contributed by atoms with E-state index in [9.17, 15) is 23.3 Å². The molecule has 0 aliphatic rings. The largest absolute Gasteiger partial charge is 0.308 e. The van der Waals surface area contributed by atoms with Crippen LogP contribution in [0.1, 0.15) is 11.1 Å². The molecule has 110 valence electrons. The van der Waals surface area contributed by atoms with Crippen LogP contribution < -0.4 is 5.32 Å². The number of benzene rings is 2. The molecule has 2 aromatic rings. The number of nitrogens with one attached hydrogen (secondary N) is 1. The van der Waals surface area contributed by atoms with E-state index in [1.807, 2.05) is 0 Å². The van der Waals surface area contributed by atoms with E-state index < -0.39 is 22.4 Å². The van der Waals surface area contributed by atoms with Crippen LogP contribution in [0.5, 0.6) is 0 Å². The predicted molar refractivity (Wildman–Crippen MR) is 70.0 cm³/mol. The average molecular weight is 296 g/mol. The molecule has 0 saturated carbocycles. The van der Waals surface area contributed by atoms with E-state index in [0.717, 1.165) is 36.4 Å². The van der Waals surface area contributed by atoms with Crippen molar-refractivity contribution in [3.63, 3.8) is 0 Å².